The summed E-state index contributed by atoms with van der Waals surface area (Å²) in [5, 5.41) is 6.19. The molecule has 2 aliphatic rings. The number of aromatic nitrogens is 2. The van der Waals surface area contributed by atoms with Gasteiger partial charge in [0.1, 0.15) is 37.1 Å². The molecule has 0 fully saturated rings. The van der Waals surface area contributed by atoms with Crippen LogP contribution >= 0.6 is 21.6 Å². The average molecular weight is 857 g/mol. The standard InChI is InChI=1S/C41H52N4O12S2/c1-8-41(28-22-31-32-26(21-25-13-9-10-14-29(25)43-32)23-45(31)33(46)27(28)24-54-35(41)48)57-38(51)53-18-20-59-58-19-17-52-36(49)42-16-12-11-15-30(34(47)55-39(2,3)4)44-37(50)56-40(5,6)7/h9-10,13-14,21-22,30H,8,11-12,15-20,23-24H2,1-7H3,(H,42,49)(H,44,50). The maximum Gasteiger partial charge on any atom is 0.509 e. The number of para-hydroxylation sites is 1. The van der Waals surface area contributed by atoms with Gasteiger partial charge in [-0.1, -0.05) is 46.7 Å². The monoisotopic (exact) mass is 856 g/mol. The number of rotatable bonds is 16. The van der Waals surface area contributed by atoms with E-state index in [0.717, 1.165) is 16.5 Å². The first kappa shape index (κ1) is 45.1. The summed E-state index contributed by atoms with van der Waals surface area (Å²) in [6.45, 7) is 12.5. The van der Waals surface area contributed by atoms with Crippen LogP contribution in [0.3, 0.4) is 0 Å². The van der Waals surface area contributed by atoms with Crippen molar-refractivity contribution in [3.05, 3.63) is 63.4 Å². The minimum atomic E-state index is -1.87. The molecule has 2 amide bonds. The molecule has 2 aliphatic heterocycles. The Balaban J connectivity index is 1.01. The summed E-state index contributed by atoms with van der Waals surface area (Å²) in [5.41, 5.74) is -0.375. The largest absolute Gasteiger partial charge is 0.509 e. The van der Waals surface area contributed by atoms with Crippen LogP contribution in [-0.4, -0.2) is 88.3 Å². The first-order valence-electron chi connectivity index (χ1n) is 19.5. The first-order valence-corrected chi connectivity index (χ1v) is 22.0. The van der Waals surface area contributed by atoms with Crippen molar-refractivity contribution in [3.63, 3.8) is 0 Å². The van der Waals surface area contributed by atoms with Crippen LogP contribution < -0.4 is 16.2 Å². The lowest BCUT2D eigenvalue weighted by Crippen LogP contribution is -2.47. The predicted octanol–water partition coefficient (Wildman–Crippen LogP) is 6.75. The molecule has 0 bridgehead atoms. The molecule has 2 aromatic heterocycles. The number of nitrogens with one attached hydrogen (secondary N) is 2. The highest BCUT2D eigenvalue weighted by Gasteiger charge is 2.51. The lowest BCUT2D eigenvalue weighted by atomic mass is 9.85. The topological polar surface area (TPSA) is 200 Å². The third kappa shape index (κ3) is 11.8. The van der Waals surface area contributed by atoms with E-state index in [1.165, 1.54) is 21.6 Å². The number of pyridine rings is 2. The van der Waals surface area contributed by atoms with Gasteiger partial charge in [-0.3, -0.25) is 4.79 Å². The van der Waals surface area contributed by atoms with Crippen molar-refractivity contribution in [2.75, 3.05) is 31.3 Å². The Kier molecular flexibility index (Phi) is 14.8. The second-order valence-corrected chi connectivity index (χ2v) is 18.6. The fraction of sp³-hybridized carbons (Fsp3) is 0.537. The van der Waals surface area contributed by atoms with Crippen LogP contribution in [0.5, 0.6) is 0 Å². The number of carbonyl (C=O) groups excluding carboxylic acids is 5. The molecule has 0 saturated carbocycles. The van der Waals surface area contributed by atoms with Crippen molar-refractivity contribution in [2.45, 2.75) is 110 Å². The second kappa shape index (κ2) is 19.4. The number of hydrogen-bond donors (Lipinski definition) is 2. The quantitative estimate of drug-likeness (QED) is 0.0518. The van der Waals surface area contributed by atoms with Crippen LogP contribution in [0.25, 0.3) is 22.3 Å². The maximum atomic E-state index is 13.7. The Morgan fingerprint density at radius 1 is 0.932 bits per heavy atom. The minimum absolute atomic E-state index is 0.00884. The molecule has 18 heteroatoms. The molecule has 16 nitrogen and oxygen atoms in total. The van der Waals surface area contributed by atoms with E-state index in [-0.39, 0.29) is 49.3 Å². The number of alkyl carbamates (subject to hydrolysis) is 2. The number of nitrogens with zero attached hydrogens (tertiary/aromatic N) is 2. The SMILES string of the molecule is CCC1(OC(=O)OCCSSCCOC(=O)NCCCCC(NC(=O)OC(C)(C)C)C(=O)OC(C)(C)C)C(=O)OCc2c1cc1n(c2=O)Cc2cc3ccccc3nc2-1. The molecule has 59 heavy (non-hydrogen) atoms. The van der Waals surface area contributed by atoms with Crippen molar-refractivity contribution in [2.24, 2.45) is 0 Å². The zero-order valence-corrected chi connectivity index (χ0v) is 36.1. The molecule has 4 heterocycles. The summed E-state index contributed by atoms with van der Waals surface area (Å²) >= 11 is 0. The van der Waals surface area contributed by atoms with E-state index < -0.39 is 53.1 Å². The van der Waals surface area contributed by atoms with Crippen LogP contribution in [0.15, 0.2) is 41.2 Å². The summed E-state index contributed by atoms with van der Waals surface area (Å²) in [7, 11) is 2.80. The molecule has 0 radical (unpaired) electrons. The number of amides is 2. The van der Waals surface area contributed by atoms with Gasteiger partial charge in [0.15, 0.2) is 0 Å². The van der Waals surface area contributed by atoms with Gasteiger partial charge in [-0.15, -0.1) is 0 Å². The molecule has 3 aromatic rings. The lowest BCUT2D eigenvalue weighted by molar-refractivity contribution is -0.175. The van der Waals surface area contributed by atoms with E-state index in [1.807, 2.05) is 30.3 Å². The first-order chi connectivity index (χ1) is 27.9. The van der Waals surface area contributed by atoms with Gasteiger partial charge >= 0.3 is 30.3 Å². The van der Waals surface area contributed by atoms with Gasteiger partial charge in [-0.2, -0.15) is 0 Å². The van der Waals surface area contributed by atoms with Crippen molar-refractivity contribution in [1.29, 1.82) is 0 Å². The number of ether oxygens (including phenoxy) is 6. The number of hydrogen-bond acceptors (Lipinski definition) is 15. The van der Waals surface area contributed by atoms with Gasteiger partial charge in [0, 0.05) is 34.6 Å². The number of carbonyl (C=O) groups is 5. The number of unbranched alkanes of at least 4 members (excludes halogenated alkanes) is 1. The third-order valence-electron chi connectivity index (χ3n) is 9.08. The summed E-state index contributed by atoms with van der Waals surface area (Å²) in [6, 6.07) is 10.4. The van der Waals surface area contributed by atoms with Gasteiger partial charge in [0.2, 0.25) is 5.60 Å². The van der Waals surface area contributed by atoms with Crippen LogP contribution in [0, 0.1) is 0 Å². The molecular weight excluding hydrogens is 805 g/mol. The third-order valence-corrected chi connectivity index (χ3v) is 11.4. The van der Waals surface area contributed by atoms with Crippen molar-refractivity contribution in [1.82, 2.24) is 20.2 Å². The van der Waals surface area contributed by atoms with Gasteiger partial charge < -0.3 is 43.6 Å². The fourth-order valence-corrected chi connectivity index (χ4v) is 8.14. The molecule has 1 aromatic carbocycles. The number of esters is 2. The smallest absolute Gasteiger partial charge is 0.458 e. The molecule has 2 unspecified atom stereocenters. The normalized spacial score (nSPS) is 16.2. The van der Waals surface area contributed by atoms with Crippen molar-refractivity contribution < 1.29 is 52.4 Å². The van der Waals surface area contributed by atoms with Crippen molar-refractivity contribution >= 4 is 62.8 Å². The van der Waals surface area contributed by atoms with E-state index in [1.54, 1.807) is 59.1 Å². The highest BCUT2D eigenvalue weighted by molar-refractivity contribution is 8.76. The van der Waals surface area contributed by atoms with Crippen LogP contribution in [-0.2, 0) is 56.8 Å². The second-order valence-electron chi connectivity index (χ2n) is 15.9. The van der Waals surface area contributed by atoms with Gasteiger partial charge in [-0.05, 0) is 85.4 Å². The Bertz CT molecular complexity index is 2110. The average Bonchev–Trinajstić information content (AvgIpc) is 3.51. The highest BCUT2D eigenvalue weighted by atomic mass is 33.1. The molecule has 2 atom stereocenters. The van der Waals surface area contributed by atoms with Crippen LogP contribution in [0.4, 0.5) is 14.4 Å². The Hall–Kier alpha value is -4.97. The van der Waals surface area contributed by atoms with Gasteiger partial charge in [-0.25, -0.2) is 29.0 Å². The van der Waals surface area contributed by atoms with Gasteiger partial charge in [0.25, 0.3) is 5.56 Å². The number of fused-ring (bicyclic) bond motifs is 5. The molecule has 2 N–H and O–H groups in total. The summed E-state index contributed by atoms with van der Waals surface area (Å²) < 4.78 is 34.0. The zero-order chi connectivity index (χ0) is 43.0. The van der Waals surface area contributed by atoms with Crippen LogP contribution in [0.1, 0.15) is 90.8 Å². The number of benzene rings is 1. The number of cyclic esters (lactones) is 1. The van der Waals surface area contributed by atoms with E-state index >= 15 is 0 Å². The van der Waals surface area contributed by atoms with E-state index in [2.05, 4.69) is 10.6 Å². The van der Waals surface area contributed by atoms with Crippen molar-refractivity contribution in [3.8, 4) is 11.4 Å². The Morgan fingerprint density at radius 2 is 1.63 bits per heavy atom. The summed E-state index contributed by atoms with van der Waals surface area (Å²) in [4.78, 5) is 81.9. The van der Waals surface area contributed by atoms with E-state index in [9.17, 15) is 28.8 Å². The summed E-state index contributed by atoms with van der Waals surface area (Å²) in [6.07, 6.45) is -1.06. The maximum absolute atomic E-state index is 13.7. The zero-order valence-electron chi connectivity index (χ0n) is 34.4. The minimum Gasteiger partial charge on any atom is -0.458 e. The van der Waals surface area contributed by atoms with Gasteiger partial charge in [0.05, 0.1) is 29.0 Å². The molecule has 0 spiro atoms. The Labute approximate surface area is 350 Å². The molecule has 5 rings (SSSR count). The Morgan fingerprint density at radius 3 is 2.32 bits per heavy atom. The van der Waals surface area contributed by atoms with E-state index in [0.29, 0.717) is 48.8 Å². The fourth-order valence-electron chi connectivity index (χ4n) is 6.49. The highest BCUT2D eigenvalue weighted by Crippen LogP contribution is 2.41. The summed E-state index contributed by atoms with van der Waals surface area (Å²) in [5.74, 6) is -0.511. The lowest BCUT2D eigenvalue weighted by Gasteiger charge is -2.35. The molecular formula is C41H52N4O12S2. The molecule has 320 valence electrons. The van der Waals surface area contributed by atoms with Crippen LogP contribution in [0.2, 0.25) is 0 Å². The van der Waals surface area contributed by atoms with E-state index in [4.69, 9.17) is 33.4 Å². The molecule has 0 saturated heterocycles. The predicted molar refractivity (Wildman–Crippen MR) is 222 cm³/mol. The molecule has 0 aliphatic carbocycles.